The van der Waals surface area contributed by atoms with Crippen LogP contribution in [-0.2, 0) is 0 Å². The molecule has 1 aliphatic rings. The van der Waals surface area contributed by atoms with E-state index in [9.17, 15) is 9.59 Å². The number of carbonyl (C=O) groups excluding carboxylic acids is 2. The summed E-state index contributed by atoms with van der Waals surface area (Å²) in [7, 11) is 0. The number of carbonyl (C=O) groups is 2. The van der Waals surface area contributed by atoms with E-state index in [4.69, 9.17) is 0 Å². The molecule has 2 amide bonds. The van der Waals surface area contributed by atoms with Gasteiger partial charge in [0.05, 0.1) is 27.9 Å². The molecule has 1 aliphatic heterocycles. The SMILES string of the molecule is Cc1ccc(N2C(=O)c3cnc4n[nH]c(-c5ccncc5)c4c3C2=O)cc1. The Labute approximate surface area is 153 Å². The average Bonchev–Trinajstić information content (AvgIpc) is 3.23. The third-order valence-electron chi connectivity index (χ3n) is 4.69. The van der Waals surface area contributed by atoms with Crippen molar-refractivity contribution in [2.45, 2.75) is 6.92 Å². The molecule has 1 aromatic carbocycles. The van der Waals surface area contributed by atoms with Crippen LogP contribution in [0.2, 0.25) is 0 Å². The number of nitrogens with zero attached hydrogens (tertiary/aromatic N) is 4. The Kier molecular flexibility index (Phi) is 3.17. The van der Waals surface area contributed by atoms with Gasteiger partial charge in [-0.25, -0.2) is 9.88 Å². The lowest BCUT2D eigenvalue weighted by Gasteiger charge is -2.13. The Morgan fingerprint density at radius 2 is 1.70 bits per heavy atom. The highest BCUT2D eigenvalue weighted by atomic mass is 16.2. The maximum absolute atomic E-state index is 13.2. The number of anilines is 1. The molecule has 7 nitrogen and oxygen atoms in total. The minimum atomic E-state index is -0.380. The number of fused-ring (bicyclic) bond motifs is 3. The van der Waals surface area contributed by atoms with Crippen LogP contribution in [-0.4, -0.2) is 32.0 Å². The molecule has 0 radical (unpaired) electrons. The van der Waals surface area contributed by atoms with Crippen LogP contribution in [0.5, 0.6) is 0 Å². The fourth-order valence-corrected chi connectivity index (χ4v) is 3.35. The molecule has 0 bridgehead atoms. The minimum absolute atomic E-state index is 0.282. The Balaban J connectivity index is 1.74. The van der Waals surface area contributed by atoms with Crippen LogP contribution < -0.4 is 4.90 Å². The van der Waals surface area contributed by atoms with E-state index < -0.39 is 0 Å². The van der Waals surface area contributed by atoms with Crippen LogP contribution in [0.25, 0.3) is 22.3 Å². The highest BCUT2D eigenvalue weighted by molar-refractivity contribution is 6.38. The molecule has 0 spiro atoms. The van der Waals surface area contributed by atoms with Gasteiger partial charge >= 0.3 is 0 Å². The third kappa shape index (κ3) is 2.18. The fourth-order valence-electron chi connectivity index (χ4n) is 3.35. The molecule has 27 heavy (non-hydrogen) atoms. The number of rotatable bonds is 2. The van der Waals surface area contributed by atoms with E-state index in [-0.39, 0.29) is 17.4 Å². The third-order valence-corrected chi connectivity index (χ3v) is 4.69. The van der Waals surface area contributed by atoms with Crippen molar-refractivity contribution in [2.75, 3.05) is 4.90 Å². The maximum atomic E-state index is 13.2. The number of aromatic nitrogens is 4. The van der Waals surface area contributed by atoms with E-state index in [2.05, 4.69) is 20.2 Å². The number of amides is 2. The number of hydrogen-bond acceptors (Lipinski definition) is 5. The van der Waals surface area contributed by atoms with Crippen molar-refractivity contribution in [3.05, 3.63) is 71.7 Å². The van der Waals surface area contributed by atoms with Crippen LogP contribution in [0.1, 0.15) is 26.3 Å². The van der Waals surface area contributed by atoms with Crippen molar-refractivity contribution in [3.63, 3.8) is 0 Å². The van der Waals surface area contributed by atoms with Crippen molar-refractivity contribution in [2.24, 2.45) is 0 Å². The summed E-state index contributed by atoms with van der Waals surface area (Å²) in [6.45, 7) is 1.95. The summed E-state index contributed by atoms with van der Waals surface area (Å²) in [5.74, 6) is -0.752. The maximum Gasteiger partial charge on any atom is 0.267 e. The van der Waals surface area contributed by atoms with Gasteiger partial charge in [-0.15, -0.1) is 0 Å². The number of pyridine rings is 2. The highest BCUT2D eigenvalue weighted by Crippen LogP contribution is 2.36. The number of hydrogen-bond donors (Lipinski definition) is 1. The average molecular weight is 355 g/mol. The van der Waals surface area contributed by atoms with E-state index >= 15 is 0 Å². The summed E-state index contributed by atoms with van der Waals surface area (Å²) in [6.07, 6.45) is 4.73. The lowest BCUT2D eigenvalue weighted by Crippen LogP contribution is -2.29. The topological polar surface area (TPSA) is 91.8 Å². The molecule has 0 fully saturated rings. The van der Waals surface area contributed by atoms with Gasteiger partial charge in [0.1, 0.15) is 0 Å². The molecule has 3 aromatic heterocycles. The Hall–Kier alpha value is -3.87. The standard InChI is InChI=1S/C20H13N5O2/c1-11-2-4-13(5-3-11)25-19(26)14-10-22-18-16(15(14)20(25)27)17(23-24-18)12-6-8-21-9-7-12/h2-10H,1H3,(H,22,23,24). The van der Waals surface area contributed by atoms with Crippen LogP contribution in [0.15, 0.2) is 55.0 Å². The summed E-state index contributed by atoms with van der Waals surface area (Å²) in [5, 5.41) is 7.69. The van der Waals surface area contributed by atoms with E-state index in [0.29, 0.717) is 28.0 Å². The number of imide groups is 1. The first-order valence-corrected chi connectivity index (χ1v) is 8.38. The molecule has 0 aliphatic carbocycles. The van der Waals surface area contributed by atoms with Crippen LogP contribution >= 0.6 is 0 Å². The van der Waals surface area contributed by atoms with E-state index in [1.807, 2.05) is 31.2 Å². The zero-order valence-corrected chi connectivity index (χ0v) is 14.3. The number of benzene rings is 1. The minimum Gasteiger partial charge on any atom is -0.275 e. The first kappa shape index (κ1) is 15.4. The van der Waals surface area contributed by atoms with Crippen LogP contribution in [0.3, 0.4) is 0 Å². The van der Waals surface area contributed by atoms with Gasteiger partial charge in [0, 0.05) is 24.2 Å². The van der Waals surface area contributed by atoms with Crippen LogP contribution in [0, 0.1) is 6.92 Å². The second-order valence-corrected chi connectivity index (χ2v) is 6.36. The lowest BCUT2D eigenvalue weighted by atomic mass is 10.0. The van der Waals surface area contributed by atoms with E-state index in [1.165, 1.54) is 11.1 Å². The molecule has 4 heterocycles. The van der Waals surface area contributed by atoms with Gasteiger partial charge in [-0.3, -0.25) is 19.7 Å². The summed E-state index contributed by atoms with van der Waals surface area (Å²) < 4.78 is 0. The monoisotopic (exact) mass is 355 g/mol. The van der Waals surface area contributed by atoms with Gasteiger partial charge in [0.2, 0.25) is 0 Å². The normalized spacial score (nSPS) is 13.4. The second kappa shape index (κ2) is 5.57. The molecule has 0 unspecified atom stereocenters. The summed E-state index contributed by atoms with van der Waals surface area (Å²) in [4.78, 5) is 35.6. The highest BCUT2D eigenvalue weighted by Gasteiger charge is 2.39. The fraction of sp³-hybridized carbons (Fsp3) is 0.0500. The lowest BCUT2D eigenvalue weighted by molar-refractivity contribution is 0.0926. The molecule has 1 N–H and O–H groups in total. The zero-order chi connectivity index (χ0) is 18.5. The van der Waals surface area contributed by atoms with Crippen molar-refractivity contribution in [3.8, 4) is 11.3 Å². The van der Waals surface area contributed by atoms with Crippen molar-refractivity contribution >= 4 is 28.5 Å². The Morgan fingerprint density at radius 1 is 0.963 bits per heavy atom. The van der Waals surface area contributed by atoms with E-state index in [1.54, 1.807) is 24.5 Å². The smallest absolute Gasteiger partial charge is 0.267 e. The first-order valence-electron chi connectivity index (χ1n) is 8.38. The van der Waals surface area contributed by atoms with Gasteiger partial charge in [0.15, 0.2) is 5.65 Å². The van der Waals surface area contributed by atoms with Gasteiger partial charge in [0.25, 0.3) is 11.8 Å². The van der Waals surface area contributed by atoms with Crippen molar-refractivity contribution < 1.29 is 9.59 Å². The molecular formula is C20H13N5O2. The van der Waals surface area contributed by atoms with Crippen molar-refractivity contribution in [1.82, 2.24) is 20.2 Å². The molecule has 5 rings (SSSR count). The summed E-state index contributed by atoms with van der Waals surface area (Å²) in [6, 6.07) is 10.9. The van der Waals surface area contributed by atoms with Gasteiger partial charge in [-0.2, -0.15) is 5.10 Å². The Bertz CT molecular complexity index is 1210. The molecule has 0 atom stereocenters. The number of aromatic amines is 1. The quantitative estimate of drug-likeness (QED) is 0.558. The molecule has 7 heteroatoms. The Morgan fingerprint density at radius 3 is 2.44 bits per heavy atom. The van der Waals surface area contributed by atoms with Gasteiger partial charge in [-0.1, -0.05) is 17.7 Å². The van der Waals surface area contributed by atoms with Crippen molar-refractivity contribution in [1.29, 1.82) is 0 Å². The van der Waals surface area contributed by atoms with Gasteiger partial charge < -0.3 is 0 Å². The number of aryl methyl sites for hydroxylation is 1. The molecule has 130 valence electrons. The molecule has 0 saturated heterocycles. The predicted molar refractivity (Wildman–Crippen MR) is 99.4 cm³/mol. The molecule has 0 saturated carbocycles. The molecule has 4 aromatic rings. The predicted octanol–water partition coefficient (Wildman–Crippen LogP) is 3.13. The molecular weight excluding hydrogens is 342 g/mol. The largest absolute Gasteiger partial charge is 0.275 e. The second-order valence-electron chi connectivity index (χ2n) is 6.36. The zero-order valence-electron chi connectivity index (χ0n) is 14.3. The van der Waals surface area contributed by atoms with Gasteiger partial charge in [-0.05, 0) is 31.2 Å². The first-order chi connectivity index (χ1) is 13.1. The van der Waals surface area contributed by atoms with Crippen LogP contribution in [0.4, 0.5) is 5.69 Å². The number of H-pyrrole nitrogens is 1. The summed E-state index contributed by atoms with van der Waals surface area (Å²) in [5.41, 5.74) is 4.05. The summed E-state index contributed by atoms with van der Waals surface area (Å²) >= 11 is 0. The number of nitrogens with one attached hydrogen (secondary N) is 1. The van der Waals surface area contributed by atoms with E-state index in [0.717, 1.165) is 11.1 Å².